The van der Waals surface area contributed by atoms with Gasteiger partial charge in [-0.2, -0.15) is 0 Å². The zero-order valence-corrected chi connectivity index (χ0v) is 21.2. The molecule has 33 heavy (non-hydrogen) atoms. The number of carbonyl (C=O) groups is 2. The number of hydrogen-bond donors (Lipinski definition) is 1. The fraction of sp³-hybridized carbons (Fsp3) is 0.478. The van der Waals surface area contributed by atoms with Gasteiger partial charge in [-0.1, -0.05) is 38.3 Å². The first kappa shape index (κ1) is 30.9. The van der Waals surface area contributed by atoms with E-state index < -0.39 is 10.4 Å². The van der Waals surface area contributed by atoms with Crippen LogP contribution in [0.25, 0.3) is 0 Å². The summed E-state index contributed by atoms with van der Waals surface area (Å²) in [6.45, 7) is 4.14. The average molecular weight is 502 g/mol. The lowest BCUT2D eigenvalue weighted by Crippen LogP contribution is -2.21. The summed E-state index contributed by atoms with van der Waals surface area (Å²) in [5.74, 6) is 0.160. The smallest absolute Gasteiger partial charge is 0.335 e. The molecule has 0 radical (unpaired) electrons. The quantitative estimate of drug-likeness (QED) is 0.0787. The minimum absolute atomic E-state index is 0.104. The summed E-state index contributed by atoms with van der Waals surface area (Å²) < 4.78 is 36.3. The van der Waals surface area contributed by atoms with Crippen LogP contribution in [0.15, 0.2) is 54.0 Å². The number of allylic oxidation sites excluding steroid dienone is 1. The van der Waals surface area contributed by atoms with Crippen LogP contribution in [0.5, 0.6) is 5.75 Å². The number of rotatable bonds is 14. The zero-order chi connectivity index (χ0) is 25.1. The van der Waals surface area contributed by atoms with Gasteiger partial charge in [-0.3, -0.25) is 8.98 Å². The average Bonchev–Trinajstić information content (AvgIpc) is 2.77. The maximum atomic E-state index is 11.8. The molecule has 0 aliphatic carbocycles. The molecule has 0 unspecified atom stereocenters. The first-order valence-electron chi connectivity index (χ1n) is 10.6. The second kappa shape index (κ2) is 18.3. The van der Waals surface area contributed by atoms with Crippen LogP contribution < -0.4 is 10.1 Å². The van der Waals surface area contributed by atoms with Crippen LogP contribution >= 0.6 is 0 Å². The molecule has 0 aromatic heterocycles. The van der Waals surface area contributed by atoms with Gasteiger partial charge in [-0.25, -0.2) is 13.2 Å². The van der Waals surface area contributed by atoms with Crippen LogP contribution in [0.1, 0.15) is 44.9 Å². The molecule has 0 heterocycles. The Morgan fingerprint density at radius 2 is 1.61 bits per heavy atom. The van der Waals surface area contributed by atoms with Gasteiger partial charge in [0.1, 0.15) is 18.3 Å². The van der Waals surface area contributed by atoms with Crippen molar-refractivity contribution in [2.24, 2.45) is 0 Å². The number of esters is 1. The van der Waals surface area contributed by atoms with Gasteiger partial charge in [-0.05, 0) is 49.6 Å². The Bertz CT molecular complexity index is 835. The molecule has 10 heteroatoms. The predicted molar refractivity (Wildman–Crippen MR) is 131 cm³/mol. The Morgan fingerprint density at radius 3 is 2.12 bits per heavy atom. The number of nitrogens with one attached hydrogen (secondary N) is 1. The highest BCUT2D eigenvalue weighted by atomic mass is 32.3. The van der Waals surface area contributed by atoms with E-state index in [-0.39, 0.29) is 22.8 Å². The minimum atomic E-state index is -4.41. The maximum Gasteiger partial charge on any atom is 0.335 e. The van der Waals surface area contributed by atoms with Gasteiger partial charge in [-0.15, -0.1) is 0 Å². The van der Waals surface area contributed by atoms with Crippen molar-refractivity contribution in [2.45, 2.75) is 49.8 Å². The molecule has 1 aromatic carbocycles. The lowest BCUT2D eigenvalue weighted by Gasteiger charge is -2.03. The van der Waals surface area contributed by atoms with Gasteiger partial charge in [0, 0.05) is 23.5 Å². The molecule has 0 spiro atoms. The molecule has 0 saturated carbocycles. The van der Waals surface area contributed by atoms with Crippen molar-refractivity contribution in [1.29, 1.82) is 0 Å². The molecular formula is C23H35NO7S2. The zero-order valence-electron chi connectivity index (χ0n) is 19.6. The molecule has 1 N–H and O–H groups in total. The fourth-order valence-electron chi connectivity index (χ4n) is 2.49. The van der Waals surface area contributed by atoms with Crippen molar-refractivity contribution < 1.29 is 31.5 Å². The first-order chi connectivity index (χ1) is 15.6. The molecule has 0 fully saturated rings. The lowest BCUT2D eigenvalue weighted by molar-refractivity contribution is -0.129. The highest BCUT2D eigenvalue weighted by Crippen LogP contribution is 2.16. The molecule has 1 rings (SSSR count). The van der Waals surface area contributed by atoms with E-state index in [1.165, 1.54) is 29.9 Å². The molecule has 1 amide bonds. The van der Waals surface area contributed by atoms with Crippen LogP contribution in [0.2, 0.25) is 0 Å². The van der Waals surface area contributed by atoms with E-state index in [4.69, 9.17) is 4.74 Å². The molecule has 0 aliphatic rings. The second-order valence-corrected chi connectivity index (χ2v) is 10.3. The summed E-state index contributed by atoms with van der Waals surface area (Å²) in [6.07, 6.45) is 16.6. The van der Waals surface area contributed by atoms with Gasteiger partial charge in [0.15, 0.2) is 4.90 Å². The van der Waals surface area contributed by atoms with Gasteiger partial charge in [0.2, 0.25) is 16.3 Å². The van der Waals surface area contributed by atoms with E-state index in [0.29, 0.717) is 5.75 Å². The Balaban J connectivity index is 0.00000150. The third-order valence-electron chi connectivity index (χ3n) is 4.25. The van der Waals surface area contributed by atoms with Crippen LogP contribution in [-0.2, 0) is 35.1 Å². The molecule has 0 atom stereocenters. The van der Waals surface area contributed by atoms with E-state index in [1.54, 1.807) is 0 Å². The summed E-state index contributed by atoms with van der Waals surface area (Å²) >= 11 is 0. The first-order valence-corrected chi connectivity index (χ1v) is 13.9. The van der Waals surface area contributed by atoms with Crippen LogP contribution in [0.4, 0.5) is 0 Å². The number of benzene rings is 1. The third-order valence-corrected chi connectivity index (χ3v) is 5.88. The molecular weight excluding hydrogens is 466 g/mol. The van der Waals surface area contributed by atoms with Crippen LogP contribution in [0.3, 0.4) is 0 Å². The fourth-order valence-corrected chi connectivity index (χ4v) is 3.17. The Hall–Kier alpha value is -2.14. The number of carbonyl (C=O) groups excluding carboxylic acids is 2. The van der Waals surface area contributed by atoms with Crippen LogP contribution in [0, 0.1) is 0 Å². The maximum absolute atomic E-state index is 11.8. The topological polar surface area (TPSA) is 122 Å². The van der Waals surface area contributed by atoms with Crippen molar-refractivity contribution in [3.8, 4) is 5.75 Å². The van der Waals surface area contributed by atoms with E-state index in [1.807, 2.05) is 30.3 Å². The number of unbranched alkanes of at least 4 members (excludes halogenated alkanes) is 6. The second-order valence-electron chi connectivity index (χ2n) is 7.09. The molecule has 0 aliphatic heterocycles. The SMILES string of the molecule is C=CC(=O)NCCCCCCCCC=CC(=O)Oc1ccc([S+](C)C)cc1.COS(=O)(=O)[O-]. The van der Waals surface area contributed by atoms with Crippen molar-refractivity contribution in [3.63, 3.8) is 0 Å². The monoisotopic (exact) mass is 501 g/mol. The van der Waals surface area contributed by atoms with Crippen molar-refractivity contribution >= 4 is 33.2 Å². The number of hydrogen-bond acceptors (Lipinski definition) is 7. The molecule has 0 bridgehead atoms. The van der Waals surface area contributed by atoms with Crippen molar-refractivity contribution in [3.05, 3.63) is 49.1 Å². The Kier molecular flexibility index (Phi) is 17.1. The minimum Gasteiger partial charge on any atom is -0.726 e. The Morgan fingerprint density at radius 1 is 1.06 bits per heavy atom. The molecule has 0 saturated heterocycles. The van der Waals surface area contributed by atoms with Crippen molar-refractivity contribution in [1.82, 2.24) is 5.32 Å². The summed E-state index contributed by atoms with van der Waals surface area (Å²) in [5.41, 5.74) is 0. The summed E-state index contributed by atoms with van der Waals surface area (Å²) in [6, 6.07) is 7.69. The van der Waals surface area contributed by atoms with Gasteiger partial charge >= 0.3 is 5.97 Å². The Labute approximate surface area is 200 Å². The van der Waals surface area contributed by atoms with Crippen LogP contribution in [-0.4, -0.2) is 51.0 Å². The van der Waals surface area contributed by atoms with Crippen molar-refractivity contribution in [2.75, 3.05) is 26.2 Å². The summed E-state index contributed by atoms with van der Waals surface area (Å²) in [4.78, 5) is 24.0. The van der Waals surface area contributed by atoms with Gasteiger partial charge in [0.25, 0.3) is 0 Å². The van der Waals surface area contributed by atoms with E-state index in [2.05, 4.69) is 28.6 Å². The summed E-state index contributed by atoms with van der Waals surface area (Å²) in [5, 5.41) is 2.78. The van der Waals surface area contributed by atoms with Gasteiger partial charge < -0.3 is 14.6 Å². The highest BCUT2D eigenvalue weighted by Gasteiger charge is 2.08. The molecule has 1 aromatic rings. The lowest BCUT2D eigenvalue weighted by atomic mass is 10.1. The van der Waals surface area contributed by atoms with E-state index in [9.17, 15) is 22.6 Å². The third kappa shape index (κ3) is 19.1. The largest absolute Gasteiger partial charge is 0.726 e. The standard InChI is InChI=1S/C22H31NO3S.CH4O4S/c1-4-21(24)23-18-12-10-8-6-5-7-9-11-13-22(25)26-19-14-16-20(17-15-19)27(2)3;1-5-6(2,3)4/h4,11,13-17H,1,5-10,12,18H2,2-3H3;1H3,(H,2,3,4). The van der Waals surface area contributed by atoms with E-state index >= 15 is 0 Å². The number of ether oxygens (including phenoxy) is 1. The number of amides is 1. The predicted octanol–water partition coefficient (Wildman–Crippen LogP) is 3.51. The highest BCUT2D eigenvalue weighted by molar-refractivity contribution is 7.95. The van der Waals surface area contributed by atoms with Gasteiger partial charge in [0.05, 0.1) is 7.11 Å². The molecule has 186 valence electrons. The summed E-state index contributed by atoms with van der Waals surface area (Å²) in [7, 11) is -3.39. The normalized spacial score (nSPS) is 11.1. The van der Waals surface area contributed by atoms with E-state index in [0.717, 1.165) is 45.8 Å². The molecule has 8 nitrogen and oxygen atoms in total.